The maximum atomic E-state index is 12.3. The van der Waals surface area contributed by atoms with Gasteiger partial charge in [0.1, 0.15) is 0 Å². The number of likely N-dealkylation sites (N-methyl/N-ethyl adjacent to an activating group) is 1. The Hall–Kier alpha value is -1.62. The highest BCUT2D eigenvalue weighted by atomic mass is 32.1. The summed E-state index contributed by atoms with van der Waals surface area (Å²) in [6.07, 6.45) is 2.47. The molecule has 2 aromatic heterocycles. The molecule has 0 saturated carbocycles. The van der Waals surface area contributed by atoms with Crippen molar-refractivity contribution in [2.75, 3.05) is 7.05 Å². The summed E-state index contributed by atoms with van der Waals surface area (Å²) in [7, 11) is 1.84. The highest BCUT2D eigenvalue weighted by Gasteiger charge is 2.20. The number of H-pyrrole nitrogens is 1. The summed E-state index contributed by atoms with van der Waals surface area (Å²) in [5.41, 5.74) is 2.74. The molecule has 1 N–H and O–H groups in total. The number of carbonyl (C=O) groups is 1. The molecule has 5 heteroatoms. The van der Waals surface area contributed by atoms with E-state index in [2.05, 4.69) is 33.9 Å². The molecule has 4 nitrogen and oxygen atoms in total. The van der Waals surface area contributed by atoms with Gasteiger partial charge in [0.05, 0.1) is 11.8 Å². The Morgan fingerprint density at radius 2 is 2.39 bits per heavy atom. The summed E-state index contributed by atoms with van der Waals surface area (Å²) < 4.78 is 0. The minimum Gasteiger partial charge on any atom is -0.339 e. The van der Waals surface area contributed by atoms with E-state index in [1.165, 1.54) is 5.56 Å². The van der Waals surface area contributed by atoms with E-state index in [0.717, 1.165) is 12.1 Å². The van der Waals surface area contributed by atoms with Crippen LogP contribution in [0.2, 0.25) is 0 Å². The van der Waals surface area contributed by atoms with Gasteiger partial charge in [0.25, 0.3) is 5.91 Å². The molecule has 2 aromatic rings. The third kappa shape index (κ3) is 2.61. The lowest BCUT2D eigenvalue weighted by atomic mass is 10.1. The predicted octanol–water partition coefficient (Wildman–Crippen LogP) is 2.48. The van der Waals surface area contributed by atoms with E-state index in [9.17, 15) is 4.79 Å². The molecular weight excluding hydrogens is 246 g/mol. The first-order valence-corrected chi connectivity index (χ1v) is 6.82. The molecule has 0 aliphatic carbocycles. The van der Waals surface area contributed by atoms with Gasteiger partial charge in [-0.1, -0.05) is 0 Å². The topological polar surface area (TPSA) is 49.0 Å². The smallest absolute Gasteiger partial charge is 0.257 e. The maximum Gasteiger partial charge on any atom is 0.257 e. The van der Waals surface area contributed by atoms with Crippen LogP contribution in [0.4, 0.5) is 0 Å². The first kappa shape index (κ1) is 12.8. The molecule has 0 aliphatic heterocycles. The quantitative estimate of drug-likeness (QED) is 0.921. The van der Waals surface area contributed by atoms with Gasteiger partial charge in [-0.2, -0.15) is 16.4 Å². The van der Waals surface area contributed by atoms with E-state index in [1.54, 1.807) is 22.4 Å². The predicted molar refractivity (Wildman–Crippen MR) is 72.9 cm³/mol. The maximum absolute atomic E-state index is 12.3. The van der Waals surface area contributed by atoms with E-state index < -0.39 is 0 Å². The second kappa shape index (κ2) is 5.35. The number of rotatable bonds is 4. The number of amides is 1. The van der Waals surface area contributed by atoms with Gasteiger partial charge in [-0.15, -0.1) is 0 Å². The Morgan fingerprint density at radius 3 is 2.94 bits per heavy atom. The Labute approximate surface area is 111 Å². The molecule has 0 aromatic carbocycles. The fourth-order valence-corrected chi connectivity index (χ4v) is 2.52. The number of nitrogens with one attached hydrogen (secondary N) is 1. The van der Waals surface area contributed by atoms with Crippen LogP contribution < -0.4 is 0 Å². The normalized spacial score (nSPS) is 12.4. The van der Waals surface area contributed by atoms with Crippen LogP contribution >= 0.6 is 11.3 Å². The summed E-state index contributed by atoms with van der Waals surface area (Å²) >= 11 is 1.68. The number of hydrogen-bond donors (Lipinski definition) is 1. The second-order valence-electron chi connectivity index (χ2n) is 4.51. The molecule has 0 radical (unpaired) electrons. The van der Waals surface area contributed by atoms with Crippen molar-refractivity contribution in [1.29, 1.82) is 0 Å². The monoisotopic (exact) mass is 263 g/mol. The first-order valence-electron chi connectivity index (χ1n) is 5.87. The average molecular weight is 263 g/mol. The lowest BCUT2D eigenvalue weighted by Gasteiger charge is -2.24. The first-order chi connectivity index (χ1) is 8.59. The summed E-state index contributed by atoms with van der Waals surface area (Å²) in [6, 6.07) is 2.27. The van der Waals surface area contributed by atoms with Gasteiger partial charge in [-0.05, 0) is 42.7 Å². The van der Waals surface area contributed by atoms with Crippen LogP contribution in [0.25, 0.3) is 0 Å². The van der Waals surface area contributed by atoms with Gasteiger partial charge in [0, 0.05) is 18.8 Å². The van der Waals surface area contributed by atoms with Crippen LogP contribution in [0, 0.1) is 6.92 Å². The molecule has 0 spiro atoms. The summed E-state index contributed by atoms with van der Waals surface area (Å²) in [5.74, 6) is 0.0176. The molecule has 1 atom stereocenters. The van der Waals surface area contributed by atoms with Gasteiger partial charge < -0.3 is 4.90 Å². The molecule has 0 unspecified atom stereocenters. The molecule has 0 aliphatic rings. The second-order valence-corrected chi connectivity index (χ2v) is 5.29. The van der Waals surface area contributed by atoms with Gasteiger partial charge >= 0.3 is 0 Å². The van der Waals surface area contributed by atoms with Crippen molar-refractivity contribution in [2.45, 2.75) is 26.3 Å². The molecule has 18 heavy (non-hydrogen) atoms. The van der Waals surface area contributed by atoms with Crippen molar-refractivity contribution in [2.24, 2.45) is 0 Å². The number of aryl methyl sites for hydroxylation is 1. The third-order valence-electron chi connectivity index (χ3n) is 3.15. The summed E-state index contributed by atoms with van der Waals surface area (Å²) in [4.78, 5) is 14.0. The van der Waals surface area contributed by atoms with E-state index >= 15 is 0 Å². The number of aromatic amines is 1. The van der Waals surface area contributed by atoms with Crippen molar-refractivity contribution in [1.82, 2.24) is 15.1 Å². The Balaban J connectivity index is 2.05. The van der Waals surface area contributed by atoms with Crippen LogP contribution in [-0.2, 0) is 6.42 Å². The Morgan fingerprint density at radius 1 is 1.61 bits per heavy atom. The van der Waals surface area contributed by atoms with Crippen LogP contribution in [0.15, 0.2) is 23.0 Å². The minimum absolute atomic E-state index is 0.0176. The van der Waals surface area contributed by atoms with Crippen LogP contribution in [0.5, 0.6) is 0 Å². The van der Waals surface area contributed by atoms with E-state index in [0.29, 0.717) is 5.56 Å². The fraction of sp³-hybridized carbons (Fsp3) is 0.385. The van der Waals surface area contributed by atoms with Crippen molar-refractivity contribution < 1.29 is 4.79 Å². The van der Waals surface area contributed by atoms with E-state index in [4.69, 9.17) is 0 Å². The highest BCUT2D eigenvalue weighted by Crippen LogP contribution is 2.14. The lowest BCUT2D eigenvalue weighted by molar-refractivity contribution is 0.0743. The molecule has 0 bridgehead atoms. The van der Waals surface area contributed by atoms with Crippen molar-refractivity contribution in [3.8, 4) is 0 Å². The number of nitrogens with zero attached hydrogens (tertiary/aromatic N) is 2. The highest BCUT2D eigenvalue weighted by molar-refractivity contribution is 7.07. The molecule has 1 amide bonds. The van der Waals surface area contributed by atoms with Crippen LogP contribution in [-0.4, -0.2) is 34.1 Å². The SMILES string of the molecule is Cc1[nH]ncc1C(=O)N(C)[C@H](C)Cc1ccsc1. The number of carbonyl (C=O) groups excluding carboxylic acids is 1. The number of hydrogen-bond acceptors (Lipinski definition) is 3. The van der Waals surface area contributed by atoms with Gasteiger partial charge in [-0.25, -0.2) is 0 Å². The summed E-state index contributed by atoms with van der Waals surface area (Å²) in [6.45, 7) is 3.92. The standard InChI is InChI=1S/C13H17N3OS/c1-9(6-11-4-5-18-8-11)16(3)13(17)12-7-14-15-10(12)2/h4-5,7-9H,6H2,1-3H3,(H,14,15)/t9-/m1/s1. The molecular formula is C13H17N3OS. The van der Waals surface area contributed by atoms with E-state index in [-0.39, 0.29) is 11.9 Å². The van der Waals surface area contributed by atoms with Gasteiger partial charge in [-0.3, -0.25) is 9.89 Å². The largest absolute Gasteiger partial charge is 0.339 e. The number of thiophene rings is 1. The molecule has 0 saturated heterocycles. The van der Waals surface area contributed by atoms with Crippen molar-refractivity contribution in [3.63, 3.8) is 0 Å². The van der Waals surface area contributed by atoms with Crippen molar-refractivity contribution in [3.05, 3.63) is 39.8 Å². The molecule has 2 heterocycles. The van der Waals surface area contributed by atoms with Gasteiger partial charge in [0.2, 0.25) is 0 Å². The van der Waals surface area contributed by atoms with Gasteiger partial charge in [0.15, 0.2) is 0 Å². The van der Waals surface area contributed by atoms with Crippen LogP contribution in [0.1, 0.15) is 28.5 Å². The molecule has 96 valence electrons. The average Bonchev–Trinajstić information content (AvgIpc) is 2.98. The van der Waals surface area contributed by atoms with Crippen LogP contribution in [0.3, 0.4) is 0 Å². The third-order valence-corrected chi connectivity index (χ3v) is 3.89. The molecule has 2 rings (SSSR count). The molecule has 0 fully saturated rings. The van der Waals surface area contributed by atoms with E-state index in [1.807, 2.05) is 14.0 Å². The lowest BCUT2D eigenvalue weighted by Crippen LogP contribution is -2.36. The minimum atomic E-state index is 0.0176. The zero-order valence-electron chi connectivity index (χ0n) is 10.8. The Bertz CT molecular complexity index is 518. The number of aromatic nitrogens is 2. The Kier molecular flexibility index (Phi) is 3.81. The zero-order chi connectivity index (χ0) is 13.1. The fourth-order valence-electron chi connectivity index (χ4n) is 1.84. The van der Waals surface area contributed by atoms with Crippen molar-refractivity contribution >= 4 is 17.2 Å². The zero-order valence-corrected chi connectivity index (χ0v) is 11.6. The summed E-state index contributed by atoms with van der Waals surface area (Å²) in [5, 5.41) is 10.9.